The summed E-state index contributed by atoms with van der Waals surface area (Å²) in [5.74, 6) is -1.67. The van der Waals surface area contributed by atoms with Crippen LogP contribution in [0.5, 0.6) is 0 Å². The van der Waals surface area contributed by atoms with E-state index >= 15 is 0 Å². The lowest BCUT2D eigenvalue weighted by atomic mass is 9.84. The molecule has 1 unspecified atom stereocenters. The fourth-order valence-corrected chi connectivity index (χ4v) is 8.24. The van der Waals surface area contributed by atoms with Gasteiger partial charge in [-0.1, -0.05) is 56.0 Å². The summed E-state index contributed by atoms with van der Waals surface area (Å²) in [6.45, 7) is 7.71. The van der Waals surface area contributed by atoms with Crippen LogP contribution in [-0.4, -0.2) is 79.0 Å². The van der Waals surface area contributed by atoms with E-state index in [9.17, 15) is 32.7 Å². The maximum absolute atomic E-state index is 13.1. The zero-order valence-corrected chi connectivity index (χ0v) is 30.5. The molecule has 6 atom stereocenters. The molecule has 5 rings (SSSR count). The molecular formula is C35H48ClN5O8S. The zero-order valence-electron chi connectivity index (χ0n) is 28.9. The molecule has 2 amide bonds. The number of para-hydroxylation sites is 1. The third-order valence-corrected chi connectivity index (χ3v) is 10.9. The summed E-state index contributed by atoms with van der Waals surface area (Å²) >= 11 is 5.84. The largest absolute Gasteiger partial charge is 0.480 e. The average molecular weight is 734 g/mol. The molecule has 1 aliphatic carbocycles. The number of carboxylic acid groups (broad SMARTS) is 1. The van der Waals surface area contributed by atoms with Crippen LogP contribution in [0, 0.1) is 5.92 Å². The van der Waals surface area contributed by atoms with Crippen molar-refractivity contribution in [3.05, 3.63) is 58.6 Å². The van der Waals surface area contributed by atoms with Gasteiger partial charge in [0.2, 0.25) is 15.9 Å². The Kier molecular flexibility index (Phi) is 13.3. The van der Waals surface area contributed by atoms with Gasteiger partial charge in [0.15, 0.2) is 0 Å². The van der Waals surface area contributed by atoms with Crippen LogP contribution in [0.3, 0.4) is 0 Å². The molecule has 1 saturated heterocycles. The Balaban J connectivity index is 0.000000225. The Morgan fingerprint density at radius 3 is 2.46 bits per heavy atom. The second kappa shape index (κ2) is 17.0. The number of hydrogen-bond acceptors (Lipinski definition) is 9. The molecule has 50 heavy (non-hydrogen) atoms. The topological polar surface area (TPSA) is 188 Å². The van der Waals surface area contributed by atoms with E-state index in [2.05, 4.69) is 10.7 Å². The fraction of sp³-hybridized carbons (Fsp3) is 0.543. The van der Waals surface area contributed by atoms with Gasteiger partial charge < -0.3 is 14.7 Å². The van der Waals surface area contributed by atoms with E-state index in [1.54, 1.807) is 23.8 Å². The van der Waals surface area contributed by atoms with Crippen LogP contribution in [-0.2, 0) is 35.6 Å². The minimum atomic E-state index is -4.00. The van der Waals surface area contributed by atoms with E-state index in [0.717, 1.165) is 49.8 Å². The number of fused-ring (bicyclic) bond motifs is 2. The number of rotatable bonds is 11. The molecule has 1 saturated carbocycles. The molecule has 0 spiro atoms. The highest BCUT2D eigenvalue weighted by molar-refractivity contribution is 7.89. The fourth-order valence-electron chi connectivity index (χ4n) is 7.17. The number of sulfonamides is 1. The number of ether oxygens (including phenoxy) is 1. The molecule has 3 aliphatic rings. The van der Waals surface area contributed by atoms with Crippen LogP contribution in [0.15, 0.2) is 47.4 Å². The predicted molar refractivity (Wildman–Crippen MR) is 189 cm³/mol. The van der Waals surface area contributed by atoms with Crippen LogP contribution in [0.2, 0.25) is 5.02 Å². The molecule has 274 valence electrons. The summed E-state index contributed by atoms with van der Waals surface area (Å²) < 4.78 is 28.2. The number of amides is 2. The summed E-state index contributed by atoms with van der Waals surface area (Å²) in [5.41, 5.74) is 5.06. The first kappa shape index (κ1) is 39.1. The van der Waals surface area contributed by atoms with Crippen molar-refractivity contribution in [2.45, 2.75) is 114 Å². The monoisotopic (exact) mass is 733 g/mol. The molecule has 2 aromatic rings. The van der Waals surface area contributed by atoms with E-state index in [0.29, 0.717) is 19.4 Å². The van der Waals surface area contributed by atoms with Crippen molar-refractivity contribution in [3.8, 4) is 0 Å². The lowest BCUT2D eigenvalue weighted by Crippen LogP contribution is -2.55. The number of nitrogens with two attached hydrogens (primary N) is 1. The van der Waals surface area contributed by atoms with Crippen molar-refractivity contribution >= 4 is 51.1 Å². The quantitative estimate of drug-likeness (QED) is 0.246. The van der Waals surface area contributed by atoms with Crippen molar-refractivity contribution in [3.63, 3.8) is 0 Å². The Bertz CT molecular complexity index is 1670. The first-order chi connectivity index (χ1) is 23.7. The smallest absolute Gasteiger partial charge is 0.326 e. The molecule has 0 aromatic heterocycles. The molecule has 5 N–H and O–H groups in total. The molecule has 2 aromatic carbocycles. The Hall–Kier alpha value is -3.72. The Morgan fingerprint density at radius 2 is 1.80 bits per heavy atom. The number of carbonyl (C=O) groups excluding carboxylic acids is 3. The second-order valence-corrected chi connectivity index (χ2v) is 15.0. The van der Waals surface area contributed by atoms with Gasteiger partial charge in [0.25, 0.3) is 5.91 Å². The van der Waals surface area contributed by atoms with Gasteiger partial charge in [0.1, 0.15) is 17.0 Å². The molecule has 15 heteroatoms. The highest BCUT2D eigenvalue weighted by atomic mass is 35.5. The molecule has 2 aliphatic heterocycles. The van der Waals surface area contributed by atoms with E-state index in [1.165, 1.54) is 18.2 Å². The van der Waals surface area contributed by atoms with Crippen LogP contribution < -0.4 is 20.9 Å². The van der Waals surface area contributed by atoms with Crippen molar-refractivity contribution in [1.82, 2.24) is 15.6 Å². The third-order valence-electron chi connectivity index (χ3n) is 9.53. The lowest BCUT2D eigenvalue weighted by molar-refractivity contribution is -0.152. The van der Waals surface area contributed by atoms with Crippen molar-refractivity contribution < 1.29 is 37.4 Å². The number of carboxylic acids is 1. The highest BCUT2D eigenvalue weighted by Gasteiger charge is 2.48. The maximum Gasteiger partial charge on any atom is 0.326 e. The number of aliphatic carboxylic acids is 1. The lowest BCUT2D eigenvalue weighted by Gasteiger charge is -2.35. The average Bonchev–Trinajstić information content (AvgIpc) is 3.61. The third kappa shape index (κ3) is 9.14. The van der Waals surface area contributed by atoms with Gasteiger partial charge in [-0.3, -0.25) is 30.1 Å². The SMILES string of the molecule is CC1Cc2ccccc2N1NC(=O)c1ccc(Cl)c(S(N)(=O)=O)c1.CCC[C@H](N[C@H](C)C(=O)N1[C@H](C(=O)O)C[C@@H]2CCCC[C@@H]21)C(=O)OCC. The zero-order chi connectivity index (χ0) is 36.7. The van der Waals surface area contributed by atoms with Gasteiger partial charge in [-0.05, 0) is 88.6 Å². The van der Waals surface area contributed by atoms with Gasteiger partial charge in [0.05, 0.1) is 29.4 Å². The van der Waals surface area contributed by atoms with Crippen molar-refractivity contribution in [1.29, 1.82) is 0 Å². The standard InChI is InChI=1S/C19H32N2O5.C16H16ClN3O3S/c1-4-8-14(19(25)26-5-2)20-12(3)17(22)21-15-10-7-6-9-13(15)11-16(21)18(23)24;1-10-8-11-4-2-3-5-14(11)20(10)19-16(21)12-6-7-13(17)15(9-12)24(18,22)23/h12-16,20H,4-11H2,1-3H3,(H,23,24);2-7,9-10H,8H2,1H3,(H,19,21)(H2,18,22,23)/t12-,13+,14+,15+,16+;/m1./s1. The molecule has 0 bridgehead atoms. The molecular weight excluding hydrogens is 686 g/mol. The number of primary sulfonamides is 1. The van der Waals surface area contributed by atoms with Crippen molar-refractivity contribution in [2.24, 2.45) is 11.1 Å². The Morgan fingerprint density at radius 1 is 1.10 bits per heavy atom. The number of benzene rings is 2. The molecule has 13 nitrogen and oxygen atoms in total. The predicted octanol–water partition coefficient (Wildman–Crippen LogP) is 4.02. The summed E-state index contributed by atoms with van der Waals surface area (Å²) in [7, 11) is -4.00. The molecule has 2 fully saturated rings. The summed E-state index contributed by atoms with van der Waals surface area (Å²) in [4.78, 5) is 50.7. The number of carbonyl (C=O) groups is 4. The van der Waals surface area contributed by atoms with Crippen LogP contribution in [0.4, 0.5) is 5.69 Å². The van der Waals surface area contributed by atoms with Gasteiger partial charge >= 0.3 is 11.9 Å². The van der Waals surface area contributed by atoms with Gasteiger partial charge in [-0.25, -0.2) is 18.4 Å². The van der Waals surface area contributed by atoms with Gasteiger partial charge in [-0.2, -0.15) is 0 Å². The van der Waals surface area contributed by atoms with Gasteiger partial charge in [0, 0.05) is 11.6 Å². The summed E-state index contributed by atoms with van der Waals surface area (Å²) in [5, 5.41) is 19.6. The molecule has 2 heterocycles. The minimum Gasteiger partial charge on any atom is -0.480 e. The second-order valence-electron chi connectivity index (χ2n) is 13.1. The van der Waals surface area contributed by atoms with Crippen molar-refractivity contribution in [2.75, 3.05) is 11.6 Å². The number of halogens is 1. The van der Waals surface area contributed by atoms with E-state index < -0.39 is 40.0 Å². The normalized spacial score (nSPS) is 22.4. The van der Waals surface area contributed by atoms with Gasteiger partial charge in [-0.15, -0.1) is 0 Å². The van der Waals surface area contributed by atoms with Crippen LogP contribution in [0.25, 0.3) is 0 Å². The van der Waals surface area contributed by atoms with Crippen LogP contribution in [0.1, 0.15) is 88.6 Å². The number of anilines is 1. The van der Waals surface area contributed by atoms with E-state index in [1.807, 2.05) is 38.1 Å². The number of hydrogen-bond donors (Lipinski definition) is 4. The van der Waals surface area contributed by atoms with E-state index in [4.69, 9.17) is 21.5 Å². The Labute approximate surface area is 298 Å². The number of likely N-dealkylation sites (tertiary alicyclic amines) is 1. The summed E-state index contributed by atoms with van der Waals surface area (Å²) in [6.07, 6.45) is 6.69. The first-order valence-corrected chi connectivity index (χ1v) is 19.1. The minimum absolute atomic E-state index is 0.00817. The number of esters is 1. The summed E-state index contributed by atoms with van der Waals surface area (Å²) in [6, 6.07) is 9.95. The number of nitrogens with zero attached hydrogens (tertiary/aromatic N) is 2. The number of nitrogens with one attached hydrogen (secondary N) is 2. The van der Waals surface area contributed by atoms with Crippen LogP contribution >= 0.6 is 11.6 Å². The highest BCUT2D eigenvalue weighted by Crippen LogP contribution is 2.40. The maximum atomic E-state index is 13.1. The first-order valence-electron chi connectivity index (χ1n) is 17.2. The number of hydrazine groups is 1. The molecule has 0 radical (unpaired) electrons. The van der Waals surface area contributed by atoms with E-state index in [-0.39, 0.29) is 45.4 Å².